The van der Waals surface area contributed by atoms with E-state index in [0.29, 0.717) is 6.42 Å². The number of rotatable bonds is 4. The van der Waals surface area contributed by atoms with E-state index in [1.165, 1.54) is 18.2 Å². The first kappa shape index (κ1) is 13.8. The Hall–Kier alpha value is -1.27. The number of alkyl halides is 3. The number of aliphatic hydroxyl groups is 1. The van der Waals surface area contributed by atoms with Gasteiger partial charge in [-0.3, -0.25) is 0 Å². The summed E-state index contributed by atoms with van der Waals surface area (Å²) in [6.07, 6.45) is -5.33. The predicted molar refractivity (Wildman–Crippen MR) is 56.4 cm³/mol. The molecule has 6 heteroatoms. The Morgan fingerprint density at radius 3 is 2.47 bits per heavy atom. The monoisotopic (exact) mass is 249 g/mol. The number of benzene rings is 1. The van der Waals surface area contributed by atoms with Crippen LogP contribution in [0.15, 0.2) is 24.3 Å². The van der Waals surface area contributed by atoms with Gasteiger partial charge in [-0.1, -0.05) is 25.1 Å². The van der Waals surface area contributed by atoms with Crippen molar-refractivity contribution in [2.45, 2.75) is 31.9 Å². The molecule has 0 amide bonds. The molecule has 0 heterocycles. The van der Waals surface area contributed by atoms with Gasteiger partial charge in [0.15, 0.2) is 0 Å². The van der Waals surface area contributed by atoms with E-state index in [1.54, 1.807) is 13.0 Å². The summed E-state index contributed by atoms with van der Waals surface area (Å²) < 4.78 is 40.3. The van der Waals surface area contributed by atoms with Crippen molar-refractivity contribution in [3.8, 4) is 5.75 Å². The van der Waals surface area contributed by atoms with Crippen LogP contribution in [0, 0.1) is 0 Å². The topological polar surface area (TPSA) is 55.5 Å². The van der Waals surface area contributed by atoms with Crippen molar-refractivity contribution in [1.29, 1.82) is 0 Å². The number of aliphatic hydroxyl groups excluding tert-OH is 1. The summed E-state index contributed by atoms with van der Waals surface area (Å²) >= 11 is 0. The van der Waals surface area contributed by atoms with Gasteiger partial charge in [0.05, 0.1) is 12.1 Å². The largest absolute Gasteiger partial charge is 0.573 e. The van der Waals surface area contributed by atoms with Gasteiger partial charge >= 0.3 is 6.36 Å². The van der Waals surface area contributed by atoms with Gasteiger partial charge in [0.2, 0.25) is 0 Å². The van der Waals surface area contributed by atoms with Crippen molar-refractivity contribution in [2.24, 2.45) is 5.73 Å². The Morgan fingerprint density at radius 2 is 1.94 bits per heavy atom. The Morgan fingerprint density at radius 1 is 1.35 bits per heavy atom. The van der Waals surface area contributed by atoms with Gasteiger partial charge in [-0.2, -0.15) is 0 Å². The molecule has 3 N–H and O–H groups in total. The molecule has 0 aliphatic carbocycles. The number of hydrogen-bond donors (Lipinski definition) is 2. The lowest BCUT2D eigenvalue weighted by Crippen LogP contribution is -2.27. The van der Waals surface area contributed by atoms with E-state index < -0.39 is 18.5 Å². The number of nitrogens with two attached hydrogens (primary N) is 1. The quantitative estimate of drug-likeness (QED) is 0.861. The maximum atomic E-state index is 12.1. The third-order valence-corrected chi connectivity index (χ3v) is 2.34. The molecule has 1 aromatic carbocycles. The van der Waals surface area contributed by atoms with Crippen LogP contribution in [0.3, 0.4) is 0 Å². The normalized spacial score (nSPS) is 15.4. The lowest BCUT2D eigenvalue weighted by molar-refractivity contribution is -0.275. The molecule has 3 nitrogen and oxygen atoms in total. The molecule has 0 aliphatic rings. The fourth-order valence-electron chi connectivity index (χ4n) is 1.43. The highest BCUT2D eigenvalue weighted by molar-refractivity contribution is 5.36. The Labute approximate surface area is 97.0 Å². The van der Waals surface area contributed by atoms with Crippen LogP contribution in [0.5, 0.6) is 5.75 Å². The van der Waals surface area contributed by atoms with Crippen molar-refractivity contribution < 1.29 is 23.0 Å². The molecule has 0 saturated heterocycles. The molecule has 1 rings (SSSR count). The molecule has 0 spiro atoms. The standard InChI is InChI=1S/C11H14F3NO2/c1-2-8(16)10(15)7-5-3-4-6-9(7)17-11(12,13)14/h3-6,8,10,16H,2,15H2,1H3/t8-,10+/m0/s1. The van der Waals surface area contributed by atoms with Crippen LogP contribution >= 0.6 is 0 Å². The molecule has 0 bridgehead atoms. The minimum Gasteiger partial charge on any atom is -0.405 e. The molecule has 0 aliphatic heterocycles. The first-order valence-electron chi connectivity index (χ1n) is 5.13. The SMILES string of the molecule is CC[C@H](O)[C@H](N)c1ccccc1OC(F)(F)F. The van der Waals surface area contributed by atoms with E-state index in [4.69, 9.17) is 5.73 Å². The van der Waals surface area contributed by atoms with Crippen LogP contribution in [0.2, 0.25) is 0 Å². The van der Waals surface area contributed by atoms with Crippen molar-refractivity contribution >= 4 is 0 Å². The van der Waals surface area contributed by atoms with Crippen LogP contribution in [-0.4, -0.2) is 17.6 Å². The minimum absolute atomic E-state index is 0.138. The van der Waals surface area contributed by atoms with Crippen LogP contribution < -0.4 is 10.5 Å². The van der Waals surface area contributed by atoms with E-state index in [1.807, 2.05) is 0 Å². The number of para-hydroxylation sites is 1. The second-order valence-electron chi connectivity index (χ2n) is 3.59. The van der Waals surface area contributed by atoms with Crippen molar-refractivity contribution in [1.82, 2.24) is 0 Å². The molecule has 96 valence electrons. The maximum absolute atomic E-state index is 12.1. The zero-order chi connectivity index (χ0) is 13.1. The number of ether oxygens (including phenoxy) is 1. The van der Waals surface area contributed by atoms with Crippen LogP contribution in [-0.2, 0) is 0 Å². The van der Waals surface area contributed by atoms with E-state index >= 15 is 0 Å². The molecule has 0 aromatic heterocycles. The molecule has 2 atom stereocenters. The van der Waals surface area contributed by atoms with Gasteiger partial charge in [0.25, 0.3) is 0 Å². The van der Waals surface area contributed by atoms with Gasteiger partial charge in [0, 0.05) is 5.56 Å². The number of hydrogen-bond acceptors (Lipinski definition) is 3. The first-order valence-corrected chi connectivity index (χ1v) is 5.13. The van der Waals surface area contributed by atoms with Crippen molar-refractivity contribution in [3.63, 3.8) is 0 Å². The summed E-state index contributed by atoms with van der Waals surface area (Å²) in [6.45, 7) is 1.69. The van der Waals surface area contributed by atoms with E-state index in [-0.39, 0.29) is 11.3 Å². The van der Waals surface area contributed by atoms with E-state index in [9.17, 15) is 18.3 Å². The summed E-state index contributed by atoms with van der Waals surface area (Å²) in [7, 11) is 0. The molecule has 0 unspecified atom stereocenters. The summed E-state index contributed by atoms with van der Waals surface area (Å²) in [5.41, 5.74) is 5.81. The highest BCUT2D eigenvalue weighted by Gasteiger charge is 2.33. The summed E-state index contributed by atoms with van der Waals surface area (Å²) in [5, 5.41) is 9.54. The van der Waals surface area contributed by atoms with E-state index in [0.717, 1.165) is 0 Å². The molecule has 1 aromatic rings. The fourth-order valence-corrected chi connectivity index (χ4v) is 1.43. The Kier molecular flexibility index (Phi) is 4.36. The lowest BCUT2D eigenvalue weighted by atomic mass is 10.00. The predicted octanol–water partition coefficient (Wildman–Crippen LogP) is 2.36. The van der Waals surface area contributed by atoms with Crippen LogP contribution in [0.4, 0.5) is 13.2 Å². The van der Waals surface area contributed by atoms with E-state index in [2.05, 4.69) is 4.74 Å². The molecule has 0 saturated carbocycles. The molecular formula is C11H14F3NO2. The third kappa shape index (κ3) is 3.90. The van der Waals surface area contributed by atoms with Crippen LogP contribution in [0.1, 0.15) is 24.9 Å². The van der Waals surface area contributed by atoms with Crippen molar-refractivity contribution in [2.75, 3.05) is 0 Å². The van der Waals surface area contributed by atoms with Crippen molar-refractivity contribution in [3.05, 3.63) is 29.8 Å². The average Bonchev–Trinajstić information content (AvgIpc) is 2.25. The second-order valence-corrected chi connectivity index (χ2v) is 3.59. The summed E-state index contributed by atoms with van der Waals surface area (Å²) in [5.74, 6) is -0.375. The zero-order valence-electron chi connectivity index (χ0n) is 9.24. The Bertz CT molecular complexity index is 368. The minimum atomic E-state index is -4.77. The average molecular weight is 249 g/mol. The first-order chi connectivity index (χ1) is 7.85. The summed E-state index contributed by atoms with van der Waals surface area (Å²) in [6, 6.07) is 4.63. The number of halogens is 3. The molecular weight excluding hydrogens is 235 g/mol. The maximum Gasteiger partial charge on any atom is 0.573 e. The molecule has 0 radical (unpaired) electrons. The smallest absolute Gasteiger partial charge is 0.405 e. The van der Waals surface area contributed by atoms with Gasteiger partial charge < -0.3 is 15.6 Å². The third-order valence-electron chi connectivity index (χ3n) is 2.34. The fraction of sp³-hybridized carbons (Fsp3) is 0.455. The second kappa shape index (κ2) is 5.37. The van der Waals surface area contributed by atoms with Gasteiger partial charge in [-0.05, 0) is 12.5 Å². The molecule has 0 fully saturated rings. The highest BCUT2D eigenvalue weighted by Crippen LogP contribution is 2.30. The highest BCUT2D eigenvalue weighted by atomic mass is 19.4. The molecule has 17 heavy (non-hydrogen) atoms. The van der Waals surface area contributed by atoms with Gasteiger partial charge in [-0.25, -0.2) is 0 Å². The van der Waals surface area contributed by atoms with Crippen LogP contribution in [0.25, 0.3) is 0 Å². The lowest BCUT2D eigenvalue weighted by Gasteiger charge is -2.21. The zero-order valence-corrected chi connectivity index (χ0v) is 9.24. The summed E-state index contributed by atoms with van der Waals surface area (Å²) in [4.78, 5) is 0. The Balaban J connectivity index is 2.99. The van der Waals surface area contributed by atoms with Gasteiger partial charge in [-0.15, -0.1) is 13.2 Å². The van der Waals surface area contributed by atoms with Gasteiger partial charge in [0.1, 0.15) is 5.75 Å².